The van der Waals surface area contributed by atoms with E-state index in [0.29, 0.717) is 5.92 Å². The summed E-state index contributed by atoms with van der Waals surface area (Å²) in [6, 6.07) is 0. The molecule has 0 aromatic rings. The predicted octanol–water partition coefficient (Wildman–Crippen LogP) is 4.61. The van der Waals surface area contributed by atoms with Gasteiger partial charge in [0.2, 0.25) is 0 Å². The maximum absolute atomic E-state index is 4.49. The molecule has 0 amide bonds. The van der Waals surface area contributed by atoms with E-state index in [1.165, 1.54) is 18.5 Å². The third-order valence-corrected chi connectivity index (χ3v) is 2.70. The fourth-order valence-electron chi connectivity index (χ4n) is 1.35. The highest BCUT2D eigenvalue weighted by molar-refractivity contribution is 14.1. The monoisotopic (exact) mass is 307 g/mol. The lowest BCUT2D eigenvalue weighted by Gasteiger charge is -2.05. The second kappa shape index (κ2) is 9.69. The van der Waals surface area contributed by atoms with Gasteiger partial charge in [0.25, 0.3) is 0 Å². The molecule has 0 aliphatic heterocycles. The summed E-state index contributed by atoms with van der Waals surface area (Å²) in [6.07, 6.45) is 9.01. The molecule has 1 nitrogen and oxygen atoms in total. The van der Waals surface area contributed by atoms with E-state index >= 15 is 0 Å². The zero-order valence-corrected chi connectivity index (χ0v) is 11.8. The molecule has 0 bridgehead atoms. The van der Waals surface area contributed by atoms with Crippen LogP contribution in [-0.2, 0) is 0 Å². The molecule has 0 aromatic heterocycles. The van der Waals surface area contributed by atoms with E-state index in [2.05, 4.69) is 54.4 Å². The first-order valence-corrected chi connectivity index (χ1v) is 7.06. The van der Waals surface area contributed by atoms with Crippen molar-refractivity contribution in [3.63, 3.8) is 0 Å². The summed E-state index contributed by atoms with van der Waals surface area (Å²) in [5.74, 6) is 0.673. The zero-order valence-electron chi connectivity index (χ0n) is 9.59. The van der Waals surface area contributed by atoms with Gasteiger partial charge in [-0.05, 0) is 25.2 Å². The number of nitrogens with zero attached hydrogens (tertiary/aromatic N) is 1. The van der Waals surface area contributed by atoms with Gasteiger partial charge in [0.05, 0.1) is 0 Å². The molecule has 14 heavy (non-hydrogen) atoms. The smallest absolute Gasteiger partial charge is 0.0359 e. The number of rotatable bonds is 7. The van der Waals surface area contributed by atoms with Crippen LogP contribution in [-0.4, -0.2) is 10.6 Å². The Hall–Kier alpha value is 0.140. The van der Waals surface area contributed by atoms with E-state index in [9.17, 15) is 0 Å². The van der Waals surface area contributed by atoms with Gasteiger partial charge in [-0.15, -0.1) is 0 Å². The van der Waals surface area contributed by atoms with E-state index < -0.39 is 0 Å². The number of aliphatic imine (C=N–C) groups is 1. The third kappa shape index (κ3) is 7.54. The molecule has 0 radical (unpaired) electrons. The van der Waals surface area contributed by atoms with Crippen LogP contribution in [0.2, 0.25) is 0 Å². The van der Waals surface area contributed by atoms with Crippen LogP contribution in [0.5, 0.6) is 0 Å². The van der Waals surface area contributed by atoms with Crippen LogP contribution in [0, 0.1) is 5.92 Å². The molecule has 0 aliphatic rings. The minimum atomic E-state index is 0.673. The van der Waals surface area contributed by atoms with Gasteiger partial charge in [-0.2, -0.15) is 0 Å². The van der Waals surface area contributed by atoms with Crippen LogP contribution >= 0.6 is 22.6 Å². The highest BCUT2D eigenvalue weighted by Gasteiger charge is 1.97. The zero-order chi connectivity index (χ0) is 10.8. The summed E-state index contributed by atoms with van der Waals surface area (Å²) in [5, 5.41) is 0. The first-order valence-electron chi connectivity index (χ1n) is 5.53. The topological polar surface area (TPSA) is 12.4 Å². The maximum Gasteiger partial charge on any atom is 0.0359 e. The molecule has 0 N–H and O–H groups in total. The normalized spacial score (nSPS) is 15.0. The summed E-state index contributed by atoms with van der Waals surface area (Å²) in [7, 11) is 0. The number of halogens is 1. The molecule has 0 aromatic carbocycles. The van der Waals surface area contributed by atoms with E-state index in [1.54, 1.807) is 0 Å². The highest BCUT2D eigenvalue weighted by atomic mass is 127. The van der Waals surface area contributed by atoms with Crippen LogP contribution in [0.25, 0.3) is 0 Å². The van der Waals surface area contributed by atoms with Gasteiger partial charge in [-0.1, -0.05) is 55.9 Å². The molecule has 82 valence electrons. The van der Waals surface area contributed by atoms with Crippen LogP contribution in [0.15, 0.2) is 16.8 Å². The van der Waals surface area contributed by atoms with E-state index in [4.69, 9.17) is 0 Å². The summed E-state index contributed by atoms with van der Waals surface area (Å²) in [5.41, 5.74) is 1.25. The Kier molecular flexibility index (Phi) is 9.78. The van der Waals surface area contributed by atoms with Crippen molar-refractivity contribution in [1.29, 1.82) is 0 Å². The fourth-order valence-corrected chi connectivity index (χ4v) is 1.63. The SMILES string of the molecule is CCCC(C)/C=C(CC)\N=C/CCI. The van der Waals surface area contributed by atoms with Gasteiger partial charge in [-0.3, -0.25) is 4.99 Å². The second-order valence-corrected chi connectivity index (χ2v) is 4.65. The average Bonchev–Trinajstić information content (AvgIpc) is 2.17. The predicted molar refractivity (Wildman–Crippen MR) is 74.4 cm³/mol. The molecule has 0 fully saturated rings. The van der Waals surface area contributed by atoms with Gasteiger partial charge in [0.15, 0.2) is 0 Å². The van der Waals surface area contributed by atoms with Crippen LogP contribution < -0.4 is 0 Å². The Balaban J connectivity index is 4.09. The van der Waals surface area contributed by atoms with Crippen molar-refractivity contribution in [3.05, 3.63) is 11.8 Å². The molecule has 0 heterocycles. The molecular formula is C12H22IN. The standard InChI is InChI=1S/C12H22IN/c1-4-7-11(3)10-12(5-2)14-9-6-8-13/h9-11H,4-8H2,1-3H3/b12-10-,14-9-. The summed E-state index contributed by atoms with van der Waals surface area (Å²) >= 11 is 2.37. The van der Waals surface area contributed by atoms with Gasteiger partial charge in [0, 0.05) is 16.3 Å². The van der Waals surface area contributed by atoms with Crippen LogP contribution in [0.1, 0.15) is 46.5 Å². The molecular weight excluding hydrogens is 285 g/mol. The Labute approximate surface area is 102 Å². The largest absolute Gasteiger partial charge is 0.266 e. The summed E-state index contributed by atoms with van der Waals surface area (Å²) in [6.45, 7) is 6.67. The van der Waals surface area contributed by atoms with E-state index in [1.807, 2.05) is 6.21 Å². The maximum atomic E-state index is 4.49. The molecule has 0 saturated carbocycles. The lowest BCUT2D eigenvalue weighted by atomic mass is 10.0. The first kappa shape index (κ1) is 14.1. The van der Waals surface area contributed by atoms with Crippen molar-refractivity contribution < 1.29 is 0 Å². The minimum absolute atomic E-state index is 0.673. The molecule has 0 aliphatic carbocycles. The molecule has 2 heteroatoms. The molecule has 1 atom stereocenters. The van der Waals surface area contributed by atoms with Crippen molar-refractivity contribution in [2.24, 2.45) is 10.9 Å². The number of hydrogen-bond donors (Lipinski definition) is 0. The van der Waals surface area contributed by atoms with Crippen molar-refractivity contribution in [2.45, 2.75) is 46.5 Å². The summed E-state index contributed by atoms with van der Waals surface area (Å²) < 4.78 is 1.16. The fraction of sp³-hybridized carbons (Fsp3) is 0.750. The minimum Gasteiger partial charge on any atom is -0.266 e. The Morgan fingerprint density at radius 3 is 2.64 bits per heavy atom. The third-order valence-electron chi connectivity index (χ3n) is 2.08. The van der Waals surface area contributed by atoms with E-state index in [0.717, 1.165) is 17.3 Å². The molecule has 0 saturated heterocycles. The van der Waals surface area contributed by atoms with Crippen LogP contribution in [0.4, 0.5) is 0 Å². The quantitative estimate of drug-likeness (QED) is 0.370. The Morgan fingerprint density at radius 1 is 1.43 bits per heavy atom. The number of hydrogen-bond acceptors (Lipinski definition) is 1. The lowest BCUT2D eigenvalue weighted by Crippen LogP contribution is -1.91. The summed E-state index contributed by atoms with van der Waals surface area (Å²) in [4.78, 5) is 4.49. The molecule has 0 spiro atoms. The van der Waals surface area contributed by atoms with Crippen molar-refractivity contribution in [3.8, 4) is 0 Å². The highest BCUT2D eigenvalue weighted by Crippen LogP contribution is 2.12. The van der Waals surface area contributed by atoms with Crippen LogP contribution in [0.3, 0.4) is 0 Å². The second-order valence-electron chi connectivity index (χ2n) is 3.57. The van der Waals surface area contributed by atoms with Gasteiger partial charge >= 0.3 is 0 Å². The molecule has 1 unspecified atom stereocenters. The van der Waals surface area contributed by atoms with Gasteiger partial charge in [0.1, 0.15) is 0 Å². The van der Waals surface area contributed by atoms with Crippen molar-refractivity contribution >= 4 is 28.8 Å². The first-order chi connectivity index (χ1) is 6.74. The Morgan fingerprint density at radius 2 is 2.14 bits per heavy atom. The number of allylic oxidation sites excluding steroid dienone is 2. The average molecular weight is 307 g/mol. The van der Waals surface area contributed by atoms with Gasteiger partial charge < -0.3 is 0 Å². The number of alkyl halides is 1. The van der Waals surface area contributed by atoms with Crippen molar-refractivity contribution in [2.75, 3.05) is 4.43 Å². The van der Waals surface area contributed by atoms with Crippen molar-refractivity contribution in [1.82, 2.24) is 0 Å². The molecule has 0 rings (SSSR count). The van der Waals surface area contributed by atoms with Gasteiger partial charge in [-0.25, -0.2) is 0 Å². The Bertz CT molecular complexity index is 185. The lowest BCUT2D eigenvalue weighted by molar-refractivity contribution is 0.628. The van der Waals surface area contributed by atoms with E-state index in [-0.39, 0.29) is 0 Å².